The standard InChI is InChI=1S/C11H18N4O/c1-11(6-12-2)3-4-15(7-11)9-5-10(16)14-8-13-9/h5,8,12H,3-4,6-7H2,1-2H3,(H,13,14,16). The van der Waals surface area contributed by atoms with Crippen LogP contribution in [0.3, 0.4) is 0 Å². The van der Waals surface area contributed by atoms with E-state index in [1.165, 1.54) is 6.33 Å². The molecule has 0 bridgehead atoms. The van der Waals surface area contributed by atoms with Crippen molar-refractivity contribution in [2.24, 2.45) is 5.41 Å². The summed E-state index contributed by atoms with van der Waals surface area (Å²) in [5.74, 6) is 0.781. The van der Waals surface area contributed by atoms with Gasteiger partial charge in [0.2, 0.25) is 0 Å². The zero-order chi connectivity index (χ0) is 11.6. The number of rotatable bonds is 3. The maximum atomic E-state index is 11.2. The van der Waals surface area contributed by atoms with E-state index in [0.29, 0.717) is 0 Å². The molecule has 5 nitrogen and oxygen atoms in total. The van der Waals surface area contributed by atoms with Gasteiger partial charge in [-0.2, -0.15) is 0 Å². The first-order chi connectivity index (χ1) is 7.63. The van der Waals surface area contributed by atoms with E-state index in [9.17, 15) is 4.79 Å². The summed E-state index contributed by atoms with van der Waals surface area (Å²) >= 11 is 0. The van der Waals surface area contributed by atoms with Gasteiger partial charge in [-0.15, -0.1) is 0 Å². The van der Waals surface area contributed by atoms with Gasteiger partial charge in [0, 0.05) is 25.7 Å². The van der Waals surface area contributed by atoms with E-state index in [0.717, 1.165) is 31.9 Å². The van der Waals surface area contributed by atoms with Gasteiger partial charge in [-0.1, -0.05) is 6.92 Å². The van der Waals surface area contributed by atoms with Crippen LogP contribution in [-0.4, -0.2) is 36.6 Å². The Morgan fingerprint density at radius 1 is 1.69 bits per heavy atom. The van der Waals surface area contributed by atoms with E-state index in [2.05, 4.69) is 27.1 Å². The Labute approximate surface area is 94.9 Å². The van der Waals surface area contributed by atoms with Crippen molar-refractivity contribution >= 4 is 5.82 Å². The number of aromatic nitrogens is 2. The molecule has 0 radical (unpaired) electrons. The van der Waals surface area contributed by atoms with Crippen LogP contribution in [0.15, 0.2) is 17.2 Å². The van der Waals surface area contributed by atoms with Crippen LogP contribution in [0.5, 0.6) is 0 Å². The van der Waals surface area contributed by atoms with Crippen LogP contribution in [0, 0.1) is 5.41 Å². The van der Waals surface area contributed by atoms with Gasteiger partial charge >= 0.3 is 0 Å². The van der Waals surface area contributed by atoms with Gasteiger partial charge < -0.3 is 15.2 Å². The molecule has 88 valence electrons. The minimum absolute atomic E-state index is 0.0905. The summed E-state index contributed by atoms with van der Waals surface area (Å²) in [6, 6.07) is 1.56. The SMILES string of the molecule is CNCC1(C)CCN(c2cc(=O)[nH]cn2)C1. The van der Waals surface area contributed by atoms with Crippen molar-refractivity contribution in [2.45, 2.75) is 13.3 Å². The van der Waals surface area contributed by atoms with Crippen molar-refractivity contribution in [1.29, 1.82) is 0 Å². The predicted octanol–water partition coefficient (Wildman–Crippen LogP) is 0.206. The molecule has 1 aromatic heterocycles. The number of nitrogens with zero attached hydrogens (tertiary/aromatic N) is 2. The topological polar surface area (TPSA) is 61.0 Å². The molecule has 0 amide bonds. The van der Waals surface area contributed by atoms with Crippen molar-refractivity contribution < 1.29 is 0 Å². The zero-order valence-electron chi connectivity index (χ0n) is 9.79. The lowest BCUT2D eigenvalue weighted by molar-refractivity contribution is 0.355. The smallest absolute Gasteiger partial charge is 0.252 e. The highest BCUT2D eigenvalue weighted by Gasteiger charge is 2.33. The van der Waals surface area contributed by atoms with Crippen molar-refractivity contribution in [3.8, 4) is 0 Å². The Bertz CT molecular complexity index is 416. The maximum absolute atomic E-state index is 11.2. The molecule has 16 heavy (non-hydrogen) atoms. The normalized spacial score (nSPS) is 25.0. The summed E-state index contributed by atoms with van der Waals surface area (Å²) in [7, 11) is 1.97. The van der Waals surface area contributed by atoms with E-state index in [-0.39, 0.29) is 11.0 Å². The van der Waals surface area contributed by atoms with Crippen LogP contribution in [0.1, 0.15) is 13.3 Å². The Balaban J connectivity index is 2.12. The summed E-state index contributed by atoms with van der Waals surface area (Å²) in [6.45, 7) is 5.17. The lowest BCUT2D eigenvalue weighted by Gasteiger charge is -2.24. The molecule has 2 rings (SSSR count). The number of H-pyrrole nitrogens is 1. The average molecular weight is 222 g/mol. The Morgan fingerprint density at radius 3 is 3.19 bits per heavy atom. The summed E-state index contributed by atoms with van der Waals surface area (Å²) < 4.78 is 0. The third-order valence-electron chi connectivity index (χ3n) is 3.15. The lowest BCUT2D eigenvalue weighted by Crippen LogP contribution is -2.33. The largest absolute Gasteiger partial charge is 0.356 e. The molecule has 2 N–H and O–H groups in total. The van der Waals surface area contributed by atoms with Gasteiger partial charge in [-0.3, -0.25) is 4.79 Å². The van der Waals surface area contributed by atoms with Crippen molar-refractivity contribution in [2.75, 3.05) is 31.6 Å². The van der Waals surface area contributed by atoms with Gasteiger partial charge in [0.15, 0.2) is 0 Å². The van der Waals surface area contributed by atoms with E-state index in [4.69, 9.17) is 0 Å². The fourth-order valence-electron chi connectivity index (χ4n) is 2.32. The van der Waals surface area contributed by atoms with Gasteiger partial charge in [0.1, 0.15) is 5.82 Å². The average Bonchev–Trinajstić information content (AvgIpc) is 2.61. The first kappa shape index (κ1) is 11.1. The second kappa shape index (κ2) is 4.25. The summed E-state index contributed by atoms with van der Waals surface area (Å²) in [4.78, 5) is 20.1. The second-order valence-corrected chi connectivity index (χ2v) is 4.78. The molecule has 0 aliphatic carbocycles. The van der Waals surface area contributed by atoms with E-state index in [1.807, 2.05) is 7.05 Å². The lowest BCUT2D eigenvalue weighted by atomic mass is 9.90. The Morgan fingerprint density at radius 2 is 2.50 bits per heavy atom. The summed E-state index contributed by atoms with van der Waals surface area (Å²) in [5, 5.41) is 3.22. The highest BCUT2D eigenvalue weighted by Crippen LogP contribution is 2.31. The highest BCUT2D eigenvalue weighted by molar-refractivity contribution is 5.38. The maximum Gasteiger partial charge on any atom is 0.252 e. The molecular weight excluding hydrogens is 204 g/mol. The third-order valence-corrected chi connectivity index (χ3v) is 3.15. The molecule has 1 aliphatic rings. The predicted molar refractivity (Wildman–Crippen MR) is 63.7 cm³/mol. The molecule has 2 heterocycles. The molecule has 0 spiro atoms. The number of aromatic amines is 1. The Kier molecular flexibility index (Phi) is 2.96. The number of nitrogens with one attached hydrogen (secondary N) is 2. The second-order valence-electron chi connectivity index (χ2n) is 4.78. The monoisotopic (exact) mass is 222 g/mol. The molecule has 5 heteroatoms. The molecular formula is C11H18N4O. The third kappa shape index (κ3) is 2.24. The van der Waals surface area contributed by atoms with Crippen LogP contribution in [-0.2, 0) is 0 Å². The van der Waals surface area contributed by atoms with E-state index >= 15 is 0 Å². The van der Waals surface area contributed by atoms with Crippen molar-refractivity contribution in [3.05, 3.63) is 22.7 Å². The number of anilines is 1. The first-order valence-corrected chi connectivity index (χ1v) is 5.57. The molecule has 1 aromatic rings. The van der Waals surface area contributed by atoms with Crippen LogP contribution in [0.25, 0.3) is 0 Å². The van der Waals surface area contributed by atoms with Gasteiger partial charge in [0.25, 0.3) is 5.56 Å². The molecule has 1 fully saturated rings. The summed E-state index contributed by atoms with van der Waals surface area (Å²) in [6.07, 6.45) is 2.59. The van der Waals surface area contributed by atoms with Gasteiger partial charge in [-0.25, -0.2) is 4.98 Å². The van der Waals surface area contributed by atoms with Crippen molar-refractivity contribution in [1.82, 2.24) is 15.3 Å². The molecule has 0 aromatic carbocycles. The van der Waals surface area contributed by atoms with Crippen LogP contribution < -0.4 is 15.8 Å². The Hall–Kier alpha value is -1.36. The molecule has 1 atom stereocenters. The van der Waals surface area contributed by atoms with Crippen LogP contribution >= 0.6 is 0 Å². The minimum atomic E-state index is -0.0905. The fourth-order valence-corrected chi connectivity index (χ4v) is 2.32. The molecule has 1 aliphatic heterocycles. The fraction of sp³-hybridized carbons (Fsp3) is 0.636. The number of hydrogen-bond acceptors (Lipinski definition) is 4. The van der Waals surface area contributed by atoms with Gasteiger partial charge in [-0.05, 0) is 18.9 Å². The molecule has 1 saturated heterocycles. The summed E-state index contributed by atoms with van der Waals surface area (Å²) in [5.41, 5.74) is 0.186. The first-order valence-electron chi connectivity index (χ1n) is 5.57. The van der Waals surface area contributed by atoms with E-state index in [1.54, 1.807) is 6.07 Å². The van der Waals surface area contributed by atoms with Crippen molar-refractivity contribution in [3.63, 3.8) is 0 Å². The zero-order valence-corrected chi connectivity index (χ0v) is 9.79. The quantitative estimate of drug-likeness (QED) is 0.767. The highest BCUT2D eigenvalue weighted by atomic mass is 16.1. The minimum Gasteiger partial charge on any atom is -0.356 e. The van der Waals surface area contributed by atoms with Crippen LogP contribution in [0.2, 0.25) is 0 Å². The van der Waals surface area contributed by atoms with E-state index < -0.39 is 0 Å². The molecule has 1 unspecified atom stereocenters. The molecule has 0 saturated carbocycles. The van der Waals surface area contributed by atoms with Gasteiger partial charge in [0.05, 0.1) is 6.33 Å². The number of hydrogen-bond donors (Lipinski definition) is 2. The van der Waals surface area contributed by atoms with Crippen LogP contribution in [0.4, 0.5) is 5.82 Å².